The van der Waals surface area contributed by atoms with Crippen molar-refractivity contribution in [1.29, 1.82) is 0 Å². The summed E-state index contributed by atoms with van der Waals surface area (Å²) < 4.78 is 24.4. The number of aromatic amines is 1. The molecule has 0 saturated carbocycles. The molecule has 7 heteroatoms. The van der Waals surface area contributed by atoms with Gasteiger partial charge in [-0.05, 0) is 6.07 Å². The normalized spacial score (nSPS) is 17.9. The summed E-state index contributed by atoms with van der Waals surface area (Å²) >= 11 is 0. The third-order valence-electron chi connectivity index (χ3n) is 4.06. The highest BCUT2D eigenvalue weighted by atomic mass is 32.2. The predicted molar refractivity (Wildman–Crippen MR) is 85.5 cm³/mol. The minimum Gasteiger partial charge on any atom is -0.360 e. The van der Waals surface area contributed by atoms with E-state index in [2.05, 4.69) is 4.98 Å². The molecule has 2 aromatic rings. The first-order valence-corrected chi connectivity index (χ1v) is 9.07. The van der Waals surface area contributed by atoms with Gasteiger partial charge in [0.15, 0.2) is 5.78 Å². The number of hydrogen-bond donors (Lipinski definition) is 1. The van der Waals surface area contributed by atoms with Crippen molar-refractivity contribution in [3.63, 3.8) is 0 Å². The summed E-state index contributed by atoms with van der Waals surface area (Å²) in [6, 6.07) is 7.72. The maximum atomic E-state index is 12.5. The average molecular weight is 321 g/mol. The summed E-state index contributed by atoms with van der Waals surface area (Å²) in [6.45, 7) is 2.38. The Bertz CT molecular complexity index is 789. The van der Waals surface area contributed by atoms with Gasteiger partial charge in [0.2, 0.25) is 10.0 Å². The molecule has 0 spiro atoms. The summed E-state index contributed by atoms with van der Waals surface area (Å²) in [6.07, 6.45) is 2.97. The third kappa shape index (κ3) is 3.06. The fraction of sp³-hybridized carbons (Fsp3) is 0.400. The van der Waals surface area contributed by atoms with Gasteiger partial charge in [0, 0.05) is 48.8 Å². The number of rotatable bonds is 4. The number of aromatic nitrogens is 1. The molecule has 0 aliphatic carbocycles. The standard InChI is InChI=1S/C15H19N3O3S/c1-22(20,21)18-8-6-17(7-9-18)11-15(19)13-10-16-14-5-3-2-4-12(13)14/h2-5,10,16H,6-9,11H2,1H3. The maximum absolute atomic E-state index is 12.5. The molecule has 2 heterocycles. The molecule has 1 aromatic carbocycles. The molecule has 1 aliphatic heterocycles. The van der Waals surface area contributed by atoms with E-state index in [1.54, 1.807) is 6.20 Å². The zero-order valence-corrected chi connectivity index (χ0v) is 13.3. The summed E-state index contributed by atoms with van der Waals surface area (Å²) in [5.74, 6) is 0.0604. The highest BCUT2D eigenvalue weighted by Gasteiger charge is 2.25. The number of ketones is 1. The molecule has 0 bridgehead atoms. The second-order valence-corrected chi connectivity index (χ2v) is 7.59. The van der Waals surface area contributed by atoms with Gasteiger partial charge in [-0.15, -0.1) is 0 Å². The highest BCUT2D eigenvalue weighted by molar-refractivity contribution is 7.88. The van der Waals surface area contributed by atoms with Gasteiger partial charge in [-0.3, -0.25) is 9.69 Å². The molecule has 6 nitrogen and oxygen atoms in total. The van der Waals surface area contributed by atoms with Crippen molar-refractivity contribution in [3.8, 4) is 0 Å². The van der Waals surface area contributed by atoms with Crippen LogP contribution in [0.15, 0.2) is 30.5 Å². The number of H-pyrrole nitrogens is 1. The molecule has 3 rings (SSSR count). The van der Waals surface area contributed by atoms with Crippen molar-refractivity contribution < 1.29 is 13.2 Å². The minimum absolute atomic E-state index is 0.0604. The predicted octanol–water partition coefficient (Wildman–Crippen LogP) is 0.928. The maximum Gasteiger partial charge on any atom is 0.211 e. The van der Waals surface area contributed by atoms with E-state index in [1.807, 2.05) is 29.2 Å². The van der Waals surface area contributed by atoms with E-state index in [-0.39, 0.29) is 5.78 Å². The summed E-state index contributed by atoms with van der Waals surface area (Å²) in [5, 5.41) is 0.933. The topological polar surface area (TPSA) is 73.5 Å². The molecule has 1 fully saturated rings. The largest absolute Gasteiger partial charge is 0.360 e. The Morgan fingerprint density at radius 3 is 2.55 bits per heavy atom. The number of nitrogens with zero attached hydrogens (tertiary/aromatic N) is 2. The van der Waals surface area contributed by atoms with Crippen LogP contribution in [0.3, 0.4) is 0 Å². The molecule has 1 aliphatic rings. The fourth-order valence-electron chi connectivity index (χ4n) is 2.81. The molecule has 0 atom stereocenters. The summed E-state index contributed by atoms with van der Waals surface area (Å²) in [5.41, 5.74) is 1.65. The van der Waals surface area contributed by atoms with E-state index in [1.165, 1.54) is 10.6 Å². The van der Waals surface area contributed by atoms with Crippen LogP contribution >= 0.6 is 0 Å². The van der Waals surface area contributed by atoms with Gasteiger partial charge in [0.05, 0.1) is 12.8 Å². The molecule has 0 unspecified atom stereocenters. The number of Topliss-reactive ketones (excluding diaryl/α,β-unsaturated/α-hetero) is 1. The minimum atomic E-state index is -3.13. The first-order chi connectivity index (χ1) is 10.4. The average Bonchev–Trinajstić information content (AvgIpc) is 2.91. The van der Waals surface area contributed by atoms with Crippen LogP contribution in [0.25, 0.3) is 10.9 Å². The smallest absolute Gasteiger partial charge is 0.211 e. The number of piperazine rings is 1. The van der Waals surface area contributed by atoms with Crippen LogP contribution < -0.4 is 0 Å². The first-order valence-electron chi connectivity index (χ1n) is 7.22. The zero-order valence-electron chi connectivity index (χ0n) is 12.4. The molecule has 1 saturated heterocycles. The van der Waals surface area contributed by atoms with Gasteiger partial charge in [-0.25, -0.2) is 8.42 Å². The van der Waals surface area contributed by atoms with E-state index in [4.69, 9.17) is 0 Å². The summed E-state index contributed by atoms with van der Waals surface area (Å²) in [7, 11) is -3.13. The fourth-order valence-corrected chi connectivity index (χ4v) is 3.64. The van der Waals surface area contributed by atoms with E-state index in [0.717, 1.165) is 10.9 Å². The molecule has 22 heavy (non-hydrogen) atoms. The van der Waals surface area contributed by atoms with Crippen LogP contribution in [0.4, 0.5) is 0 Å². The molecule has 1 N–H and O–H groups in total. The Kier molecular flexibility index (Phi) is 4.03. The van der Waals surface area contributed by atoms with Gasteiger partial charge >= 0.3 is 0 Å². The lowest BCUT2D eigenvalue weighted by Crippen LogP contribution is -2.49. The zero-order chi connectivity index (χ0) is 15.7. The number of carbonyl (C=O) groups is 1. The molecular weight excluding hydrogens is 302 g/mol. The number of fused-ring (bicyclic) bond motifs is 1. The van der Waals surface area contributed by atoms with Crippen molar-refractivity contribution in [2.24, 2.45) is 0 Å². The number of para-hydroxylation sites is 1. The number of nitrogens with one attached hydrogen (secondary N) is 1. The number of carbonyl (C=O) groups excluding carboxylic acids is 1. The SMILES string of the molecule is CS(=O)(=O)N1CCN(CC(=O)c2c[nH]c3ccccc23)CC1. The molecule has 0 amide bonds. The van der Waals surface area contributed by atoms with Crippen LogP contribution in [0.2, 0.25) is 0 Å². The van der Waals surface area contributed by atoms with Gasteiger partial charge < -0.3 is 4.98 Å². The lowest BCUT2D eigenvalue weighted by molar-refractivity contribution is 0.0903. The van der Waals surface area contributed by atoms with Gasteiger partial charge in [-0.2, -0.15) is 4.31 Å². The Labute approximate surface area is 129 Å². The first kappa shape index (κ1) is 15.2. The highest BCUT2D eigenvalue weighted by Crippen LogP contribution is 2.18. The quantitative estimate of drug-likeness (QED) is 0.850. The van der Waals surface area contributed by atoms with Crippen LogP contribution in [0, 0.1) is 0 Å². The van der Waals surface area contributed by atoms with Gasteiger partial charge in [0.1, 0.15) is 0 Å². The monoisotopic (exact) mass is 321 g/mol. The Hall–Kier alpha value is -1.70. The van der Waals surface area contributed by atoms with Crippen LogP contribution in [0.1, 0.15) is 10.4 Å². The lowest BCUT2D eigenvalue weighted by atomic mass is 10.1. The van der Waals surface area contributed by atoms with Crippen LogP contribution in [0.5, 0.6) is 0 Å². The van der Waals surface area contributed by atoms with Gasteiger partial charge in [-0.1, -0.05) is 18.2 Å². The Morgan fingerprint density at radius 2 is 1.86 bits per heavy atom. The van der Waals surface area contributed by atoms with Crippen molar-refractivity contribution >= 4 is 26.7 Å². The number of sulfonamides is 1. The number of hydrogen-bond acceptors (Lipinski definition) is 4. The molecular formula is C15H19N3O3S. The number of benzene rings is 1. The Balaban J connectivity index is 1.66. The van der Waals surface area contributed by atoms with E-state index in [9.17, 15) is 13.2 Å². The van der Waals surface area contributed by atoms with Crippen molar-refractivity contribution in [2.75, 3.05) is 39.0 Å². The van der Waals surface area contributed by atoms with Crippen molar-refractivity contribution in [3.05, 3.63) is 36.0 Å². The summed E-state index contributed by atoms with van der Waals surface area (Å²) in [4.78, 5) is 17.6. The van der Waals surface area contributed by atoms with Crippen molar-refractivity contribution in [1.82, 2.24) is 14.2 Å². The van der Waals surface area contributed by atoms with E-state index < -0.39 is 10.0 Å². The molecule has 1 aromatic heterocycles. The van der Waals surface area contributed by atoms with Crippen molar-refractivity contribution in [2.45, 2.75) is 0 Å². The van der Waals surface area contributed by atoms with Crippen LogP contribution in [-0.2, 0) is 10.0 Å². The second-order valence-electron chi connectivity index (χ2n) is 5.61. The Morgan fingerprint density at radius 1 is 1.18 bits per heavy atom. The van der Waals surface area contributed by atoms with E-state index >= 15 is 0 Å². The van der Waals surface area contributed by atoms with Crippen LogP contribution in [-0.4, -0.2) is 67.4 Å². The molecule has 0 radical (unpaired) electrons. The van der Waals surface area contributed by atoms with E-state index in [0.29, 0.717) is 38.3 Å². The lowest BCUT2D eigenvalue weighted by Gasteiger charge is -2.32. The van der Waals surface area contributed by atoms with Gasteiger partial charge in [0.25, 0.3) is 0 Å². The second kappa shape index (κ2) is 5.83. The third-order valence-corrected chi connectivity index (χ3v) is 5.36. The molecule has 118 valence electrons.